The average Bonchev–Trinajstić information content (AvgIpc) is 3.20. The number of hydrogen-bond acceptors (Lipinski definition) is 7. The maximum atomic E-state index is 12.1. The van der Waals surface area contributed by atoms with Crippen LogP contribution in [0.4, 0.5) is 5.69 Å². The number of sulfonamides is 1. The van der Waals surface area contributed by atoms with Gasteiger partial charge in [0.25, 0.3) is 5.91 Å². The number of amides is 1. The molecule has 1 aliphatic rings. The van der Waals surface area contributed by atoms with Gasteiger partial charge in [-0.15, -0.1) is 23.5 Å². The summed E-state index contributed by atoms with van der Waals surface area (Å²) in [6, 6.07) is 12.7. The molecule has 10 heteroatoms. The van der Waals surface area contributed by atoms with E-state index in [0.29, 0.717) is 10.1 Å². The van der Waals surface area contributed by atoms with Crippen molar-refractivity contribution in [2.75, 3.05) is 23.4 Å². The van der Waals surface area contributed by atoms with Crippen molar-refractivity contribution in [3.63, 3.8) is 0 Å². The van der Waals surface area contributed by atoms with Gasteiger partial charge in [-0.25, -0.2) is 18.4 Å². The summed E-state index contributed by atoms with van der Waals surface area (Å²) < 4.78 is 28.1. The summed E-state index contributed by atoms with van der Waals surface area (Å²) >= 11 is 3.75. The van der Waals surface area contributed by atoms with Gasteiger partial charge in [-0.2, -0.15) is 0 Å². The fraction of sp³-hybridized carbons (Fsp3) is 0.222. The Morgan fingerprint density at radius 1 is 1.11 bits per heavy atom. The van der Waals surface area contributed by atoms with Crippen molar-refractivity contribution >= 4 is 51.1 Å². The number of primary sulfonamides is 1. The molecule has 1 aliphatic heterocycles. The van der Waals surface area contributed by atoms with E-state index in [1.165, 1.54) is 24.3 Å². The molecule has 1 amide bonds. The monoisotopic (exact) mass is 438 g/mol. The molecule has 7 nitrogen and oxygen atoms in total. The SMILES string of the molecule is NS(=O)(=O)c1cccc(NC(=O)COC(=O)c2ccc(C3SCCS3)cc2)c1. The Bertz CT molecular complexity index is 971. The molecule has 2 aromatic rings. The summed E-state index contributed by atoms with van der Waals surface area (Å²) in [6.45, 7) is -0.492. The first-order chi connectivity index (χ1) is 13.3. The van der Waals surface area contributed by atoms with Crippen molar-refractivity contribution in [1.29, 1.82) is 0 Å². The van der Waals surface area contributed by atoms with Gasteiger partial charge >= 0.3 is 5.97 Å². The third kappa shape index (κ3) is 5.51. The zero-order chi connectivity index (χ0) is 20.1. The summed E-state index contributed by atoms with van der Waals surface area (Å²) in [5.41, 5.74) is 1.75. The standard InChI is InChI=1S/C18H18N2O5S3/c19-28(23,24)15-3-1-2-14(10-15)20-16(21)11-25-17(22)12-4-6-13(7-5-12)18-26-8-9-27-18/h1-7,10,18H,8-9,11H2,(H,20,21)(H2,19,23,24). The highest BCUT2D eigenvalue weighted by atomic mass is 32.2. The van der Waals surface area contributed by atoms with Crippen LogP contribution in [0, 0.1) is 0 Å². The third-order valence-electron chi connectivity index (χ3n) is 3.82. The first kappa shape index (κ1) is 20.7. The summed E-state index contributed by atoms with van der Waals surface area (Å²) in [7, 11) is -3.87. The number of hydrogen-bond donors (Lipinski definition) is 2. The summed E-state index contributed by atoms with van der Waals surface area (Å²) in [4.78, 5) is 23.9. The molecule has 28 heavy (non-hydrogen) atoms. The van der Waals surface area contributed by atoms with Crippen molar-refractivity contribution in [3.8, 4) is 0 Å². The number of carbonyl (C=O) groups excluding carboxylic acids is 2. The van der Waals surface area contributed by atoms with Crippen LogP contribution in [0.3, 0.4) is 0 Å². The van der Waals surface area contributed by atoms with E-state index in [4.69, 9.17) is 9.88 Å². The number of nitrogens with two attached hydrogens (primary N) is 1. The number of carbonyl (C=O) groups is 2. The Hall–Kier alpha value is -2.01. The summed E-state index contributed by atoms with van der Waals surface area (Å²) in [6.07, 6.45) is 0. The van der Waals surface area contributed by atoms with E-state index < -0.39 is 28.5 Å². The van der Waals surface area contributed by atoms with Crippen LogP contribution >= 0.6 is 23.5 Å². The molecule has 0 unspecified atom stereocenters. The Morgan fingerprint density at radius 3 is 2.43 bits per heavy atom. The molecule has 2 aromatic carbocycles. The lowest BCUT2D eigenvalue weighted by molar-refractivity contribution is -0.119. The number of thioether (sulfide) groups is 2. The maximum Gasteiger partial charge on any atom is 0.338 e. The lowest BCUT2D eigenvalue weighted by Crippen LogP contribution is -2.21. The molecule has 0 saturated carbocycles. The minimum absolute atomic E-state index is 0.124. The summed E-state index contributed by atoms with van der Waals surface area (Å²) in [5.74, 6) is 1.05. The van der Waals surface area contributed by atoms with Gasteiger partial charge in [-0.1, -0.05) is 18.2 Å². The highest BCUT2D eigenvalue weighted by Gasteiger charge is 2.19. The molecule has 3 rings (SSSR count). The number of rotatable bonds is 6. The largest absolute Gasteiger partial charge is 0.452 e. The summed E-state index contributed by atoms with van der Waals surface area (Å²) in [5, 5.41) is 7.52. The number of ether oxygens (including phenoxy) is 1. The lowest BCUT2D eigenvalue weighted by Gasteiger charge is -2.10. The molecule has 1 fully saturated rings. The fourth-order valence-electron chi connectivity index (χ4n) is 2.49. The quantitative estimate of drug-likeness (QED) is 0.666. The molecule has 0 radical (unpaired) electrons. The predicted molar refractivity (Wildman–Crippen MR) is 111 cm³/mol. The van der Waals surface area contributed by atoms with Crippen LogP contribution < -0.4 is 10.5 Å². The van der Waals surface area contributed by atoms with Gasteiger partial charge in [0.15, 0.2) is 6.61 Å². The lowest BCUT2D eigenvalue weighted by atomic mass is 10.1. The van der Waals surface area contributed by atoms with Crippen LogP contribution in [0.2, 0.25) is 0 Å². The number of nitrogens with one attached hydrogen (secondary N) is 1. The molecule has 0 spiro atoms. The molecule has 0 atom stereocenters. The van der Waals surface area contributed by atoms with E-state index in [1.54, 1.807) is 12.1 Å². The molecule has 3 N–H and O–H groups in total. The molecular formula is C18H18N2O5S3. The van der Waals surface area contributed by atoms with Crippen LogP contribution in [-0.2, 0) is 19.6 Å². The van der Waals surface area contributed by atoms with Crippen LogP contribution in [0.15, 0.2) is 53.4 Å². The third-order valence-corrected chi connectivity index (χ3v) is 7.84. The number of esters is 1. The normalized spacial score (nSPS) is 14.6. The zero-order valence-electron chi connectivity index (χ0n) is 14.7. The van der Waals surface area contributed by atoms with Gasteiger partial charge in [0.05, 0.1) is 15.0 Å². The molecule has 0 bridgehead atoms. The van der Waals surface area contributed by atoms with Crippen LogP contribution in [0.1, 0.15) is 20.5 Å². The van der Waals surface area contributed by atoms with E-state index in [1.807, 2.05) is 35.7 Å². The zero-order valence-corrected chi connectivity index (χ0v) is 17.1. The van der Waals surface area contributed by atoms with Gasteiger partial charge in [-0.05, 0) is 35.9 Å². The van der Waals surface area contributed by atoms with Gasteiger partial charge < -0.3 is 10.1 Å². The Kier molecular flexibility index (Phi) is 6.65. The van der Waals surface area contributed by atoms with Gasteiger partial charge in [0.1, 0.15) is 0 Å². The minimum Gasteiger partial charge on any atom is -0.452 e. The van der Waals surface area contributed by atoms with E-state index in [-0.39, 0.29) is 10.6 Å². The second-order valence-corrected chi connectivity index (χ2v) is 10.2. The van der Waals surface area contributed by atoms with E-state index in [0.717, 1.165) is 17.1 Å². The van der Waals surface area contributed by atoms with Crippen molar-refractivity contribution in [1.82, 2.24) is 0 Å². The topological polar surface area (TPSA) is 116 Å². The average molecular weight is 439 g/mol. The highest BCUT2D eigenvalue weighted by molar-refractivity contribution is 8.19. The van der Waals surface area contributed by atoms with Crippen molar-refractivity contribution < 1.29 is 22.7 Å². The first-order valence-corrected chi connectivity index (χ1v) is 11.9. The van der Waals surface area contributed by atoms with E-state index in [9.17, 15) is 18.0 Å². The van der Waals surface area contributed by atoms with Crippen molar-refractivity contribution in [2.24, 2.45) is 5.14 Å². The minimum atomic E-state index is -3.87. The molecule has 1 saturated heterocycles. The first-order valence-electron chi connectivity index (χ1n) is 8.26. The Balaban J connectivity index is 1.53. The van der Waals surface area contributed by atoms with Crippen molar-refractivity contribution in [2.45, 2.75) is 9.48 Å². The highest BCUT2D eigenvalue weighted by Crippen LogP contribution is 2.45. The van der Waals surface area contributed by atoms with E-state index in [2.05, 4.69) is 5.32 Å². The van der Waals surface area contributed by atoms with Crippen molar-refractivity contribution in [3.05, 3.63) is 59.7 Å². The predicted octanol–water partition coefficient (Wildman–Crippen LogP) is 2.61. The molecule has 1 heterocycles. The van der Waals surface area contributed by atoms with Gasteiger partial charge in [0, 0.05) is 17.2 Å². The van der Waals surface area contributed by atoms with E-state index >= 15 is 0 Å². The van der Waals surface area contributed by atoms with Gasteiger partial charge in [0.2, 0.25) is 10.0 Å². The second-order valence-electron chi connectivity index (χ2n) is 5.89. The Labute approximate surface area is 171 Å². The Morgan fingerprint density at radius 2 is 1.79 bits per heavy atom. The molecule has 148 valence electrons. The number of benzene rings is 2. The molecular weight excluding hydrogens is 420 g/mol. The van der Waals surface area contributed by atoms with Crippen LogP contribution in [0.25, 0.3) is 0 Å². The smallest absolute Gasteiger partial charge is 0.338 e. The molecule has 0 aliphatic carbocycles. The maximum absolute atomic E-state index is 12.1. The molecule has 0 aromatic heterocycles. The van der Waals surface area contributed by atoms with Gasteiger partial charge in [-0.3, -0.25) is 4.79 Å². The fourth-order valence-corrected chi connectivity index (χ4v) is 5.91. The number of anilines is 1. The van der Waals surface area contributed by atoms with Crippen LogP contribution in [0.5, 0.6) is 0 Å². The second kappa shape index (κ2) is 8.99. The van der Waals surface area contributed by atoms with Crippen LogP contribution in [-0.4, -0.2) is 38.4 Å².